The van der Waals surface area contributed by atoms with Crippen LogP contribution in [0.3, 0.4) is 0 Å². The predicted molar refractivity (Wildman–Crippen MR) is 118 cm³/mol. The van der Waals surface area contributed by atoms with Crippen LogP contribution in [0.2, 0.25) is 0 Å². The Morgan fingerprint density at radius 2 is 1.87 bits per heavy atom. The third-order valence-corrected chi connectivity index (χ3v) is 6.21. The smallest absolute Gasteiger partial charge is 0.251 e. The molecule has 1 aliphatic heterocycles. The second-order valence-electron chi connectivity index (χ2n) is 8.61. The van der Waals surface area contributed by atoms with Crippen molar-refractivity contribution in [2.24, 2.45) is 0 Å². The van der Waals surface area contributed by atoms with Crippen molar-refractivity contribution >= 4 is 5.91 Å². The normalized spacial score (nSPS) is 18.4. The lowest BCUT2D eigenvalue weighted by Gasteiger charge is -2.36. The molecule has 2 aromatic carbocycles. The summed E-state index contributed by atoms with van der Waals surface area (Å²) in [6, 6.07) is 12.9. The van der Waals surface area contributed by atoms with E-state index in [0.717, 1.165) is 44.3 Å². The summed E-state index contributed by atoms with van der Waals surface area (Å²) >= 11 is 0. The lowest BCUT2D eigenvalue weighted by Crippen LogP contribution is -2.43. The highest BCUT2D eigenvalue weighted by Gasteiger charge is 2.27. The minimum absolute atomic E-state index is 0.0626. The molecule has 6 heteroatoms. The molecule has 1 N–H and O–H groups in total. The molecule has 1 atom stereocenters. The van der Waals surface area contributed by atoms with Gasteiger partial charge in [-0.3, -0.25) is 4.79 Å². The van der Waals surface area contributed by atoms with Crippen molar-refractivity contribution < 1.29 is 18.7 Å². The molecule has 2 aromatic rings. The fourth-order valence-electron chi connectivity index (χ4n) is 4.13. The Morgan fingerprint density at radius 3 is 2.55 bits per heavy atom. The van der Waals surface area contributed by atoms with Gasteiger partial charge >= 0.3 is 0 Å². The van der Waals surface area contributed by atoms with Crippen molar-refractivity contribution in [2.75, 3.05) is 20.2 Å². The summed E-state index contributed by atoms with van der Waals surface area (Å²) in [5.41, 5.74) is 1.36. The number of nitrogens with one attached hydrogen (secondary N) is 1. The molecule has 1 amide bonds. The molecule has 0 radical (unpaired) electrons. The van der Waals surface area contributed by atoms with Gasteiger partial charge in [-0.1, -0.05) is 18.2 Å². The minimum Gasteiger partial charge on any atom is -0.493 e. The van der Waals surface area contributed by atoms with Crippen molar-refractivity contribution in [1.29, 1.82) is 0 Å². The standard InChI is InChI=1S/C25H31FN2O3/c1-17(15-18-5-3-4-6-22(18)26)28-13-11-21(12-14-28)31-24-16-19(7-10-23(24)30-2)25(29)27-20-8-9-20/h3-7,10,16-17,20-21H,8-9,11-15H2,1-2H3,(H,27,29)/t17-/m0/s1. The van der Waals surface area contributed by atoms with Crippen molar-refractivity contribution in [2.45, 2.75) is 57.2 Å². The van der Waals surface area contributed by atoms with Crippen LogP contribution in [0.5, 0.6) is 11.5 Å². The SMILES string of the molecule is COc1ccc(C(=O)NC2CC2)cc1OC1CCN([C@@H](C)Cc2ccccc2F)CC1. The number of methoxy groups -OCH3 is 1. The molecule has 0 aromatic heterocycles. The molecule has 1 heterocycles. The number of rotatable bonds is 8. The zero-order chi connectivity index (χ0) is 21.8. The number of likely N-dealkylation sites (tertiary alicyclic amines) is 1. The van der Waals surface area contributed by atoms with E-state index in [0.29, 0.717) is 29.5 Å². The molecule has 1 saturated heterocycles. The van der Waals surface area contributed by atoms with Gasteiger partial charge in [0.25, 0.3) is 5.91 Å². The molecule has 1 saturated carbocycles. The van der Waals surface area contributed by atoms with E-state index in [-0.39, 0.29) is 23.9 Å². The summed E-state index contributed by atoms with van der Waals surface area (Å²) < 4.78 is 25.7. The molecule has 0 spiro atoms. The topological polar surface area (TPSA) is 50.8 Å². The van der Waals surface area contributed by atoms with Gasteiger partial charge in [-0.15, -0.1) is 0 Å². The third kappa shape index (κ3) is 5.56. The lowest BCUT2D eigenvalue weighted by atomic mass is 10.0. The summed E-state index contributed by atoms with van der Waals surface area (Å²) in [6.07, 6.45) is 4.63. The quantitative estimate of drug-likeness (QED) is 0.687. The summed E-state index contributed by atoms with van der Waals surface area (Å²) in [4.78, 5) is 14.8. The molecule has 5 nitrogen and oxygen atoms in total. The Balaban J connectivity index is 1.33. The molecule has 31 heavy (non-hydrogen) atoms. The Bertz CT molecular complexity index is 907. The Morgan fingerprint density at radius 1 is 1.13 bits per heavy atom. The van der Waals surface area contributed by atoms with E-state index in [2.05, 4.69) is 17.1 Å². The molecule has 1 aliphatic carbocycles. The highest BCUT2D eigenvalue weighted by atomic mass is 19.1. The first-order valence-electron chi connectivity index (χ1n) is 11.2. The predicted octanol–water partition coefficient (Wildman–Crippen LogP) is 4.20. The fraction of sp³-hybridized carbons (Fsp3) is 0.480. The number of benzene rings is 2. The molecule has 4 rings (SSSR count). The zero-order valence-corrected chi connectivity index (χ0v) is 18.3. The van der Waals surface area contributed by atoms with Crippen LogP contribution in [0.25, 0.3) is 0 Å². The third-order valence-electron chi connectivity index (χ3n) is 6.21. The van der Waals surface area contributed by atoms with Crippen LogP contribution in [0.15, 0.2) is 42.5 Å². The van der Waals surface area contributed by atoms with E-state index in [1.54, 1.807) is 31.4 Å². The number of hydrogen-bond donors (Lipinski definition) is 1. The molecule has 166 valence electrons. The van der Waals surface area contributed by atoms with E-state index in [4.69, 9.17) is 9.47 Å². The Hall–Kier alpha value is -2.60. The molecular weight excluding hydrogens is 395 g/mol. The summed E-state index contributed by atoms with van der Waals surface area (Å²) in [7, 11) is 1.61. The van der Waals surface area contributed by atoms with Gasteiger partial charge in [0.2, 0.25) is 0 Å². The van der Waals surface area contributed by atoms with Gasteiger partial charge in [0.1, 0.15) is 11.9 Å². The number of halogens is 1. The van der Waals surface area contributed by atoms with Crippen LogP contribution >= 0.6 is 0 Å². The first-order chi connectivity index (χ1) is 15.0. The van der Waals surface area contributed by atoms with Crippen molar-refractivity contribution in [3.05, 3.63) is 59.4 Å². The van der Waals surface area contributed by atoms with Crippen LogP contribution in [-0.4, -0.2) is 49.2 Å². The first kappa shape index (κ1) is 21.6. The highest BCUT2D eigenvalue weighted by molar-refractivity contribution is 5.95. The van der Waals surface area contributed by atoms with Gasteiger partial charge in [-0.05, 0) is 68.9 Å². The van der Waals surface area contributed by atoms with E-state index in [1.807, 2.05) is 12.1 Å². The van der Waals surface area contributed by atoms with E-state index in [1.165, 1.54) is 6.07 Å². The minimum atomic E-state index is -0.134. The highest BCUT2D eigenvalue weighted by Crippen LogP contribution is 2.31. The maximum atomic E-state index is 14.0. The lowest BCUT2D eigenvalue weighted by molar-refractivity contribution is 0.0775. The van der Waals surface area contributed by atoms with E-state index in [9.17, 15) is 9.18 Å². The number of ether oxygens (including phenoxy) is 2. The number of piperidine rings is 1. The van der Waals surface area contributed by atoms with Gasteiger partial charge < -0.3 is 19.7 Å². The number of nitrogens with zero attached hydrogens (tertiary/aromatic N) is 1. The molecule has 0 unspecified atom stereocenters. The average Bonchev–Trinajstić information content (AvgIpc) is 3.60. The van der Waals surface area contributed by atoms with Gasteiger partial charge in [0.05, 0.1) is 7.11 Å². The molecule has 2 aliphatic rings. The molecule has 0 bridgehead atoms. The largest absolute Gasteiger partial charge is 0.493 e. The fourth-order valence-corrected chi connectivity index (χ4v) is 4.13. The monoisotopic (exact) mass is 426 g/mol. The number of carbonyl (C=O) groups excluding carboxylic acids is 1. The number of amides is 1. The van der Waals surface area contributed by atoms with Gasteiger partial charge in [0, 0.05) is 30.7 Å². The summed E-state index contributed by atoms with van der Waals surface area (Å²) in [5.74, 6) is 1.05. The maximum Gasteiger partial charge on any atom is 0.251 e. The second kappa shape index (κ2) is 9.69. The van der Waals surface area contributed by atoms with Gasteiger partial charge in [0.15, 0.2) is 11.5 Å². The zero-order valence-electron chi connectivity index (χ0n) is 18.3. The van der Waals surface area contributed by atoms with Crippen LogP contribution in [0.1, 0.15) is 48.5 Å². The van der Waals surface area contributed by atoms with Crippen LogP contribution in [-0.2, 0) is 6.42 Å². The van der Waals surface area contributed by atoms with Crippen LogP contribution < -0.4 is 14.8 Å². The Kier molecular flexibility index (Phi) is 6.76. The van der Waals surface area contributed by atoms with Crippen LogP contribution in [0, 0.1) is 5.82 Å². The van der Waals surface area contributed by atoms with Crippen molar-refractivity contribution in [3.8, 4) is 11.5 Å². The maximum absolute atomic E-state index is 14.0. The molecule has 2 fully saturated rings. The second-order valence-corrected chi connectivity index (χ2v) is 8.61. The number of hydrogen-bond acceptors (Lipinski definition) is 4. The summed E-state index contributed by atoms with van der Waals surface area (Å²) in [6.45, 7) is 3.94. The van der Waals surface area contributed by atoms with E-state index >= 15 is 0 Å². The van der Waals surface area contributed by atoms with E-state index < -0.39 is 0 Å². The first-order valence-corrected chi connectivity index (χ1v) is 11.2. The van der Waals surface area contributed by atoms with Gasteiger partial charge in [-0.2, -0.15) is 0 Å². The molecular formula is C25H31FN2O3. The van der Waals surface area contributed by atoms with Crippen molar-refractivity contribution in [1.82, 2.24) is 10.2 Å². The summed E-state index contributed by atoms with van der Waals surface area (Å²) in [5, 5.41) is 3.01. The van der Waals surface area contributed by atoms with Gasteiger partial charge in [-0.25, -0.2) is 4.39 Å². The number of carbonyl (C=O) groups is 1. The Labute approximate surface area is 183 Å². The van der Waals surface area contributed by atoms with Crippen molar-refractivity contribution in [3.63, 3.8) is 0 Å². The van der Waals surface area contributed by atoms with Crippen LogP contribution in [0.4, 0.5) is 4.39 Å². The average molecular weight is 427 g/mol.